The van der Waals surface area contributed by atoms with Gasteiger partial charge in [0.1, 0.15) is 11.4 Å². The molecule has 5 rings (SSSR count). The first kappa shape index (κ1) is 22.4. The fourth-order valence-electron chi connectivity index (χ4n) is 4.89. The Morgan fingerprint density at radius 2 is 1.77 bits per heavy atom. The number of rotatable bonds is 5. The third kappa shape index (κ3) is 4.66. The van der Waals surface area contributed by atoms with Crippen molar-refractivity contribution in [1.82, 2.24) is 9.47 Å². The number of benzene rings is 2. The highest BCUT2D eigenvalue weighted by Gasteiger charge is 2.36. The number of carbonyl (C=O) groups excluding carboxylic acids is 2. The summed E-state index contributed by atoms with van der Waals surface area (Å²) in [5.74, 6) is 0.401. The van der Waals surface area contributed by atoms with Crippen LogP contribution in [0.15, 0.2) is 71.5 Å². The van der Waals surface area contributed by atoms with E-state index in [9.17, 15) is 14.4 Å². The number of likely N-dealkylation sites (tertiary alicyclic amines) is 1. The van der Waals surface area contributed by atoms with E-state index in [4.69, 9.17) is 10.00 Å². The van der Waals surface area contributed by atoms with Crippen LogP contribution in [0.3, 0.4) is 0 Å². The zero-order valence-electron chi connectivity index (χ0n) is 19.0. The number of anilines is 1. The molecule has 2 aromatic carbocycles. The van der Waals surface area contributed by atoms with Gasteiger partial charge in [0.25, 0.3) is 17.4 Å². The van der Waals surface area contributed by atoms with Gasteiger partial charge in [-0.1, -0.05) is 18.2 Å². The van der Waals surface area contributed by atoms with Crippen LogP contribution in [0.2, 0.25) is 0 Å². The van der Waals surface area contributed by atoms with E-state index in [0.29, 0.717) is 36.5 Å². The predicted octanol–water partition coefficient (Wildman–Crippen LogP) is 3.00. The van der Waals surface area contributed by atoms with E-state index >= 15 is 0 Å². The molecule has 3 aromatic rings. The van der Waals surface area contributed by atoms with Crippen LogP contribution >= 0.6 is 0 Å². The van der Waals surface area contributed by atoms with Gasteiger partial charge in [0.2, 0.25) is 0 Å². The van der Waals surface area contributed by atoms with Crippen LogP contribution in [0.4, 0.5) is 5.69 Å². The molecule has 35 heavy (non-hydrogen) atoms. The van der Waals surface area contributed by atoms with Gasteiger partial charge in [-0.25, -0.2) is 0 Å². The molecular formula is C27H24N4O4. The van der Waals surface area contributed by atoms with Crippen LogP contribution in [0.5, 0.6) is 5.75 Å². The summed E-state index contributed by atoms with van der Waals surface area (Å²) in [6.45, 7) is 1.58. The summed E-state index contributed by atoms with van der Waals surface area (Å²) >= 11 is 0. The van der Waals surface area contributed by atoms with E-state index in [0.717, 1.165) is 12.1 Å². The highest BCUT2D eigenvalue weighted by Crippen LogP contribution is 2.35. The van der Waals surface area contributed by atoms with Gasteiger partial charge in [-0.15, -0.1) is 0 Å². The predicted molar refractivity (Wildman–Crippen MR) is 129 cm³/mol. The van der Waals surface area contributed by atoms with Gasteiger partial charge in [0.05, 0.1) is 11.6 Å². The minimum absolute atomic E-state index is 0.0173. The first-order chi connectivity index (χ1) is 17.0. The number of hydrogen-bond donors (Lipinski definition) is 1. The van der Waals surface area contributed by atoms with Crippen molar-refractivity contribution in [2.24, 2.45) is 5.92 Å². The first-order valence-electron chi connectivity index (χ1n) is 11.5. The van der Waals surface area contributed by atoms with Crippen molar-refractivity contribution in [3.05, 3.63) is 93.9 Å². The van der Waals surface area contributed by atoms with Crippen LogP contribution < -0.4 is 15.6 Å². The number of piperidine rings is 1. The van der Waals surface area contributed by atoms with Gasteiger partial charge in [-0.05, 0) is 60.9 Å². The summed E-state index contributed by atoms with van der Waals surface area (Å²) < 4.78 is 7.36. The minimum Gasteiger partial charge on any atom is -0.484 e. The van der Waals surface area contributed by atoms with Crippen LogP contribution in [-0.4, -0.2) is 41.0 Å². The minimum atomic E-state index is -0.404. The Balaban J connectivity index is 1.28. The summed E-state index contributed by atoms with van der Waals surface area (Å²) in [4.78, 5) is 40.4. The molecule has 2 amide bonds. The summed E-state index contributed by atoms with van der Waals surface area (Å²) in [5, 5.41) is 11.6. The van der Waals surface area contributed by atoms with Crippen LogP contribution in [0, 0.1) is 17.2 Å². The molecule has 2 aliphatic rings. The number of nitriles is 1. The highest BCUT2D eigenvalue weighted by atomic mass is 16.5. The lowest BCUT2D eigenvalue weighted by Gasteiger charge is -2.42. The second kappa shape index (κ2) is 9.47. The molecule has 1 saturated heterocycles. The number of amides is 2. The average Bonchev–Trinajstić information content (AvgIpc) is 2.89. The number of hydrogen-bond acceptors (Lipinski definition) is 5. The lowest BCUT2D eigenvalue weighted by atomic mass is 9.83. The molecule has 3 heterocycles. The van der Waals surface area contributed by atoms with Crippen LogP contribution in [0.1, 0.15) is 34.0 Å². The molecule has 0 saturated carbocycles. The van der Waals surface area contributed by atoms with Crippen molar-refractivity contribution in [3.63, 3.8) is 0 Å². The molecule has 2 atom stereocenters. The Kier molecular flexibility index (Phi) is 6.06. The maximum Gasteiger partial charge on any atom is 0.274 e. The third-order valence-electron chi connectivity index (χ3n) is 6.59. The molecule has 0 radical (unpaired) electrons. The Hall–Kier alpha value is -4.38. The summed E-state index contributed by atoms with van der Waals surface area (Å²) in [6, 6.07) is 21.0. The van der Waals surface area contributed by atoms with Gasteiger partial charge in [-0.2, -0.15) is 5.26 Å². The second-order valence-electron chi connectivity index (χ2n) is 8.93. The number of fused-ring (bicyclic) bond motifs is 4. The molecule has 0 spiro atoms. The molecule has 1 N–H and O–H groups in total. The zero-order valence-corrected chi connectivity index (χ0v) is 19.0. The van der Waals surface area contributed by atoms with Gasteiger partial charge in [0.15, 0.2) is 6.61 Å². The topological polar surface area (TPSA) is 104 Å². The number of para-hydroxylation sites is 1. The summed E-state index contributed by atoms with van der Waals surface area (Å²) in [6.07, 6.45) is 0.916. The van der Waals surface area contributed by atoms with E-state index in [1.54, 1.807) is 34.9 Å². The standard InChI is InChI=1S/C27H24N4O4/c28-13-18-6-8-20(9-7-18)26(33)29-23-10-11-24-21-12-19(15-31(24)27(23)34)14-30(16-21)25(32)17-35-22-4-2-1-3-5-22/h1-11,19,21H,12,14-17H2,(H,29,33)/t19-,21+/m0/s1. The molecule has 0 unspecified atom stereocenters. The normalized spacial score (nSPS) is 18.2. The number of nitrogens with zero attached hydrogens (tertiary/aromatic N) is 3. The number of pyridine rings is 1. The molecular weight excluding hydrogens is 444 g/mol. The quantitative estimate of drug-likeness (QED) is 0.620. The SMILES string of the molecule is N#Cc1ccc(C(=O)Nc2ccc3n(c2=O)C[C@H]2C[C@@H]3CN(C(=O)COc3ccccc3)C2)cc1. The molecule has 176 valence electrons. The van der Waals surface area contributed by atoms with Gasteiger partial charge in [-0.3, -0.25) is 14.4 Å². The fraction of sp³-hybridized carbons (Fsp3) is 0.259. The highest BCUT2D eigenvalue weighted by molar-refractivity contribution is 6.04. The first-order valence-corrected chi connectivity index (χ1v) is 11.5. The Bertz CT molecular complexity index is 1360. The number of carbonyl (C=O) groups is 2. The molecule has 1 fully saturated rings. The maximum atomic E-state index is 13.2. The largest absolute Gasteiger partial charge is 0.484 e. The molecule has 8 heteroatoms. The van der Waals surface area contributed by atoms with E-state index in [1.807, 2.05) is 47.4 Å². The van der Waals surface area contributed by atoms with Crippen molar-refractivity contribution in [3.8, 4) is 11.8 Å². The summed E-state index contributed by atoms with van der Waals surface area (Å²) in [5.41, 5.74) is 1.68. The average molecular weight is 469 g/mol. The Morgan fingerprint density at radius 3 is 2.51 bits per heavy atom. The monoisotopic (exact) mass is 468 g/mol. The molecule has 2 bridgehead atoms. The van der Waals surface area contributed by atoms with Crippen molar-refractivity contribution < 1.29 is 14.3 Å². The Labute approximate surface area is 202 Å². The van der Waals surface area contributed by atoms with Crippen LogP contribution in [-0.2, 0) is 11.3 Å². The van der Waals surface area contributed by atoms with Crippen molar-refractivity contribution in [2.75, 3.05) is 25.0 Å². The van der Waals surface area contributed by atoms with E-state index in [2.05, 4.69) is 5.32 Å². The smallest absolute Gasteiger partial charge is 0.274 e. The number of nitrogens with one attached hydrogen (secondary N) is 1. The molecule has 1 aromatic heterocycles. The number of ether oxygens (including phenoxy) is 1. The lowest BCUT2D eigenvalue weighted by molar-refractivity contribution is -0.136. The molecule has 2 aliphatic heterocycles. The van der Waals surface area contributed by atoms with Gasteiger partial charge < -0.3 is 19.5 Å². The molecule has 8 nitrogen and oxygen atoms in total. The van der Waals surface area contributed by atoms with Crippen molar-refractivity contribution >= 4 is 17.5 Å². The number of aromatic nitrogens is 1. The van der Waals surface area contributed by atoms with E-state index in [-0.39, 0.29) is 35.6 Å². The Morgan fingerprint density at radius 1 is 1.00 bits per heavy atom. The third-order valence-corrected chi connectivity index (χ3v) is 6.59. The summed E-state index contributed by atoms with van der Waals surface area (Å²) in [7, 11) is 0. The van der Waals surface area contributed by atoms with E-state index < -0.39 is 5.91 Å². The van der Waals surface area contributed by atoms with E-state index in [1.165, 1.54) is 0 Å². The fourth-order valence-corrected chi connectivity index (χ4v) is 4.89. The van der Waals surface area contributed by atoms with Gasteiger partial charge >= 0.3 is 0 Å². The van der Waals surface area contributed by atoms with Crippen molar-refractivity contribution in [1.29, 1.82) is 5.26 Å². The van der Waals surface area contributed by atoms with Crippen LogP contribution in [0.25, 0.3) is 0 Å². The maximum absolute atomic E-state index is 13.2. The van der Waals surface area contributed by atoms with Crippen molar-refractivity contribution in [2.45, 2.75) is 18.9 Å². The van der Waals surface area contributed by atoms with Gasteiger partial charge in [0, 0.05) is 36.8 Å². The zero-order chi connectivity index (χ0) is 24.4. The molecule has 0 aliphatic carbocycles. The second-order valence-corrected chi connectivity index (χ2v) is 8.93. The lowest BCUT2D eigenvalue weighted by Crippen LogP contribution is -2.50.